The van der Waals surface area contributed by atoms with Crippen molar-refractivity contribution < 1.29 is 0 Å². The van der Waals surface area contributed by atoms with Gasteiger partial charge in [0.2, 0.25) is 5.95 Å². The van der Waals surface area contributed by atoms with E-state index in [0.29, 0.717) is 11.9 Å². The van der Waals surface area contributed by atoms with Crippen LogP contribution in [0.2, 0.25) is 0 Å². The maximum absolute atomic E-state index is 4.62. The molecular formula is C14H17N5S. The van der Waals surface area contributed by atoms with Gasteiger partial charge < -0.3 is 5.32 Å². The third-order valence-corrected chi connectivity index (χ3v) is 4.08. The predicted octanol–water partition coefficient (Wildman–Crippen LogP) is 3.35. The number of fused-ring (bicyclic) bond motifs is 1. The molecule has 0 saturated heterocycles. The minimum atomic E-state index is 0.404. The van der Waals surface area contributed by atoms with E-state index in [0.717, 1.165) is 21.7 Å². The molecule has 3 rings (SSSR count). The summed E-state index contributed by atoms with van der Waals surface area (Å²) in [5.41, 5.74) is 1.06. The van der Waals surface area contributed by atoms with E-state index in [2.05, 4.69) is 47.2 Å². The Morgan fingerprint density at radius 2 is 2.10 bits per heavy atom. The molecule has 0 aliphatic carbocycles. The maximum atomic E-state index is 4.62. The number of nitrogens with one attached hydrogen (secondary N) is 1. The summed E-state index contributed by atoms with van der Waals surface area (Å²) in [6, 6.07) is 4.16. The van der Waals surface area contributed by atoms with Gasteiger partial charge in [0.1, 0.15) is 4.83 Å². The number of aryl methyl sites for hydroxylation is 1. The molecule has 20 heavy (non-hydrogen) atoms. The van der Waals surface area contributed by atoms with Gasteiger partial charge in [0, 0.05) is 18.1 Å². The maximum Gasteiger partial charge on any atom is 0.225 e. The minimum absolute atomic E-state index is 0.404. The van der Waals surface area contributed by atoms with E-state index in [1.165, 1.54) is 4.88 Å². The molecule has 0 saturated carbocycles. The lowest BCUT2D eigenvalue weighted by Crippen LogP contribution is -2.04. The Morgan fingerprint density at radius 1 is 1.30 bits per heavy atom. The second-order valence-corrected chi connectivity index (χ2v) is 6.27. The molecule has 0 aliphatic rings. The molecule has 0 unspecified atom stereocenters. The highest BCUT2D eigenvalue weighted by Crippen LogP contribution is 2.28. The lowest BCUT2D eigenvalue weighted by atomic mass is 10.1. The summed E-state index contributed by atoms with van der Waals surface area (Å²) in [7, 11) is 1.83. The van der Waals surface area contributed by atoms with Crippen molar-refractivity contribution in [3.8, 4) is 5.82 Å². The molecule has 3 aromatic heterocycles. The Morgan fingerprint density at radius 3 is 2.75 bits per heavy atom. The van der Waals surface area contributed by atoms with Crippen molar-refractivity contribution in [3.63, 3.8) is 0 Å². The molecule has 0 atom stereocenters. The number of hydrogen-bond acceptors (Lipinski definition) is 5. The SMILES string of the molecule is CNc1nc(-n2ccc(C(C)C)n2)c2cc(C)sc2n1. The van der Waals surface area contributed by atoms with Gasteiger partial charge in [0.05, 0.1) is 11.1 Å². The summed E-state index contributed by atoms with van der Waals surface area (Å²) >= 11 is 1.67. The van der Waals surface area contributed by atoms with Gasteiger partial charge in [-0.25, -0.2) is 9.67 Å². The first-order valence-electron chi connectivity index (χ1n) is 6.60. The van der Waals surface area contributed by atoms with Crippen molar-refractivity contribution in [2.24, 2.45) is 0 Å². The topological polar surface area (TPSA) is 55.6 Å². The summed E-state index contributed by atoms with van der Waals surface area (Å²) in [5.74, 6) is 1.85. The molecule has 0 fully saturated rings. The van der Waals surface area contributed by atoms with Crippen LogP contribution in [0.25, 0.3) is 16.0 Å². The average molecular weight is 287 g/mol. The minimum Gasteiger partial charge on any atom is -0.357 e. The molecule has 104 valence electrons. The lowest BCUT2D eigenvalue weighted by Gasteiger charge is -2.05. The third-order valence-electron chi connectivity index (χ3n) is 3.14. The Balaban J connectivity index is 2.22. The van der Waals surface area contributed by atoms with Crippen LogP contribution in [0, 0.1) is 6.92 Å². The summed E-state index contributed by atoms with van der Waals surface area (Å²) in [6.45, 7) is 6.35. The van der Waals surface area contributed by atoms with Gasteiger partial charge in [-0.05, 0) is 25.0 Å². The van der Waals surface area contributed by atoms with Crippen LogP contribution in [0.4, 0.5) is 5.95 Å². The van der Waals surface area contributed by atoms with Crippen LogP contribution in [0.5, 0.6) is 0 Å². The Bertz CT molecular complexity index is 756. The fourth-order valence-corrected chi connectivity index (χ4v) is 2.95. The molecule has 0 bridgehead atoms. The summed E-state index contributed by atoms with van der Waals surface area (Å²) in [4.78, 5) is 11.3. The van der Waals surface area contributed by atoms with Crippen molar-refractivity contribution in [3.05, 3.63) is 28.9 Å². The van der Waals surface area contributed by atoms with Crippen molar-refractivity contribution in [2.75, 3.05) is 12.4 Å². The number of rotatable bonds is 3. The molecule has 0 radical (unpaired) electrons. The predicted molar refractivity (Wildman–Crippen MR) is 82.9 cm³/mol. The van der Waals surface area contributed by atoms with Crippen LogP contribution in [0.15, 0.2) is 18.3 Å². The van der Waals surface area contributed by atoms with Crippen LogP contribution in [0.3, 0.4) is 0 Å². The number of aromatic nitrogens is 4. The first-order chi connectivity index (χ1) is 9.58. The van der Waals surface area contributed by atoms with E-state index in [9.17, 15) is 0 Å². The highest BCUT2D eigenvalue weighted by atomic mass is 32.1. The van der Waals surface area contributed by atoms with Crippen molar-refractivity contribution in [2.45, 2.75) is 26.7 Å². The van der Waals surface area contributed by atoms with Crippen molar-refractivity contribution in [1.29, 1.82) is 0 Å². The monoisotopic (exact) mass is 287 g/mol. The van der Waals surface area contributed by atoms with Gasteiger partial charge in [-0.15, -0.1) is 11.3 Å². The first kappa shape index (κ1) is 13.1. The van der Waals surface area contributed by atoms with E-state index in [-0.39, 0.29) is 0 Å². The van der Waals surface area contributed by atoms with Gasteiger partial charge in [0.25, 0.3) is 0 Å². The average Bonchev–Trinajstić information content (AvgIpc) is 3.02. The van der Waals surface area contributed by atoms with E-state index < -0.39 is 0 Å². The van der Waals surface area contributed by atoms with Gasteiger partial charge in [0.15, 0.2) is 5.82 Å². The fraction of sp³-hybridized carbons (Fsp3) is 0.357. The molecular weight excluding hydrogens is 270 g/mol. The molecule has 5 nitrogen and oxygen atoms in total. The zero-order chi connectivity index (χ0) is 14.3. The van der Waals surface area contributed by atoms with Crippen LogP contribution < -0.4 is 5.32 Å². The second kappa shape index (κ2) is 4.86. The molecule has 0 aliphatic heterocycles. The molecule has 3 aromatic rings. The van der Waals surface area contributed by atoms with E-state index >= 15 is 0 Å². The molecule has 6 heteroatoms. The highest BCUT2D eigenvalue weighted by Gasteiger charge is 2.13. The quantitative estimate of drug-likeness (QED) is 0.802. The summed E-state index contributed by atoms with van der Waals surface area (Å²) < 4.78 is 1.84. The standard InChI is InChI=1S/C14H17N5S/c1-8(2)11-5-6-19(18-11)12-10-7-9(3)20-13(10)17-14(15-4)16-12/h5-8H,1-4H3,(H,15,16,17). The highest BCUT2D eigenvalue weighted by molar-refractivity contribution is 7.18. The lowest BCUT2D eigenvalue weighted by molar-refractivity contribution is 0.760. The fourth-order valence-electron chi connectivity index (χ4n) is 2.08. The largest absolute Gasteiger partial charge is 0.357 e. The van der Waals surface area contributed by atoms with Gasteiger partial charge in [-0.3, -0.25) is 0 Å². The van der Waals surface area contributed by atoms with Crippen LogP contribution in [-0.4, -0.2) is 26.8 Å². The molecule has 1 N–H and O–H groups in total. The summed E-state index contributed by atoms with van der Waals surface area (Å²) in [5, 5.41) is 8.68. The first-order valence-corrected chi connectivity index (χ1v) is 7.42. The molecule has 3 heterocycles. The Kier molecular flexibility index (Phi) is 3.17. The van der Waals surface area contributed by atoms with Crippen molar-refractivity contribution >= 4 is 27.5 Å². The Labute approximate surface area is 121 Å². The van der Waals surface area contributed by atoms with Crippen LogP contribution in [0.1, 0.15) is 30.3 Å². The van der Waals surface area contributed by atoms with Crippen LogP contribution in [-0.2, 0) is 0 Å². The molecule has 0 amide bonds. The third kappa shape index (κ3) is 2.16. The van der Waals surface area contributed by atoms with E-state index in [4.69, 9.17) is 0 Å². The van der Waals surface area contributed by atoms with Gasteiger partial charge in [-0.2, -0.15) is 10.1 Å². The smallest absolute Gasteiger partial charge is 0.225 e. The van der Waals surface area contributed by atoms with Gasteiger partial charge >= 0.3 is 0 Å². The number of thiophene rings is 1. The number of anilines is 1. The normalized spacial score (nSPS) is 11.4. The molecule has 0 aromatic carbocycles. The molecule has 0 spiro atoms. The number of hydrogen-bond donors (Lipinski definition) is 1. The zero-order valence-corrected chi connectivity index (χ0v) is 12.8. The van der Waals surface area contributed by atoms with E-state index in [1.807, 2.05) is 24.0 Å². The number of nitrogens with zero attached hydrogens (tertiary/aromatic N) is 4. The van der Waals surface area contributed by atoms with Gasteiger partial charge in [-0.1, -0.05) is 13.8 Å². The Hall–Kier alpha value is -1.95. The summed E-state index contributed by atoms with van der Waals surface area (Å²) in [6.07, 6.45) is 1.96. The zero-order valence-electron chi connectivity index (χ0n) is 12.0. The van der Waals surface area contributed by atoms with Crippen LogP contribution >= 0.6 is 11.3 Å². The second-order valence-electron chi connectivity index (χ2n) is 5.04. The van der Waals surface area contributed by atoms with E-state index in [1.54, 1.807) is 11.3 Å². The van der Waals surface area contributed by atoms with Crippen molar-refractivity contribution in [1.82, 2.24) is 19.7 Å².